The number of H-pyrrole nitrogens is 1. The first kappa shape index (κ1) is 19.5. The Balaban J connectivity index is 1.57. The summed E-state index contributed by atoms with van der Waals surface area (Å²) in [6, 6.07) is 0. The number of aryl methyl sites for hydroxylation is 2. The van der Waals surface area contributed by atoms with Crippen molar-refractivity contribution in [2.24, 2.45) is 11.3 Å². The maximum Gasteiger partial charge on any atom is 0.257 e. The fraction of sp³-hybridized carbons (Fsp3) is 0.550. The second-order valence-electron chi connectivity index (χ2n) is 8.57. The van der Waals surface area contributed by atoms with Gasteiger partial charge < -0.3 is 14.7 Å². The highest BCUT2D eigenvalue weighted by Crippen LogP contribution is 2.44. The van der Waals surface area contributed by atoms with Crippen LogP contribution >= 0.6 is 0 Å². The number of nitrogens with zero attached hydrogens (tertiary/aromatic N) is 6. The first-order valence-corrected chi connectivity index (χ1v) is 9.81. The van der Waals surface area contributed by atoms with Crippen molar-refractivity contribution in [3.8, 4) is 0 Å². The van der Waals surface area contributed by atoms with Gasteiger partial charge in [0.05, 0.1) is 28.7 Å². The van der Waals surface area contributed by atoms with Crippen molar-refractivity contribution < 1.29 is 9.59 Å². The number of likely N-dealkylation sites (tertiary alicyclic amines) is 2. The topological polar surface area (TPSA) is 98.3 Å². The van der Waals surface area contributed by atoms with Gasteiger partial charge in [-0.15, -0.1) is 0 Å². The molecule has 9 heteroatoms. The number of nitrogens with one attached hydrogen (secondary N) is 1. The van der Waals surface area contributed by atoms with Crippen LogP contribution in [0.3, 0.4) is 0 Å². The van der Waals surface area contributed by atoms with E-state index in [1.807, 2.05) is 37.7 Å². The minimum atomic E-state index is -0.143. The highest BCUT2D eigenvalue weighted by molar-refractivity contribution is 5.97. The lowest BCUT2D eigenvalue weighted by Crippen LogP contribution is -2.44. The third kappa shape index (κ3) is 3.39. The Kier molecular flexibility index (Phi) is 4.85. The normalized spacial score (nSPS) is 23.7. The average Bonchev–Trinajstić information content (AvgIpc) is 3.34. The molecule has 0 aromatic carbocycles. The van der Waals surface area contributed by atoms with Crippen molar-refractivity contribution >= 4 is 11.8 Å². The molecule has 9 nitrogen and oxygen atoms in total. The zero-order valence-corrected chi connectivity index (χ0v) is 17.3. The minimum absolute atomic E-state index is 0.00712. The molecule has 1 N–H and O–H groups in total. The molecule has 2 unspecified atom stereocenters. The Morgan fingerprint density at radius 1 is 1.14 bits per heavy atom. The van der Waals surface area contributed by atoms with Crippen LogP contribution in [0.5, 0.6) is 0 Å². The van der Waals surface area contributed by atoms with Crippen molar-refractivity contribution in [3.05, 3.63) is 41.2 Å². The molecule has 0 bridgehead atoms. The lowest BCUT2D eigenvalue weighted by molar-refractivity contribution is 0.0700. The fourth-order valence-electron chi connectivity index (χ4n) is 4.95. The Labute approximate surface area is 170 Å². The molecular weight excluding hydrogens is 370 g/mol. The second kappa shape index (κ2) is 7.22. The summed E-state index contributed by atoms with van der Waals surface area (Å²) >= 11 is 0. The van der Waals surface area contributed by atoms with Crippen LogP contribution in [0.15, 0.2) is 18.7 Å². The first-order chi connectivity index (χ1) is 13.8. The van der Waals surface area contributed by atoms with Crippen LogP contribution in [0.25, 0.3) is 0 Å². The van der Waals surface area contributed by atoms with Crippen molar-refractivity contribution in [2.45, 2.75) is 13.8 Å². The lowest BCUT2D eigenvalue weighted by Gasteiger charge is -2.32. The van der Waals surface area contributed by atoms with E-state index in [-0.39, 0.29) is 23.1 Å². The van der Waals surface area contributed by atoms with Gasteiger partial charge >= 0.3 is 0 Å². The van der Waals surface area contributed by atoms with E-state index < -0.39 is 0 Å². The molecule has 2 aliphatic rings. The highest BCUT2D eigenvalue weighted by atomic mass is 16.2. The maximum atomic E-state index is 13.3. The molecule has 4 heterocycles. The van der Waals surface area contributed by atoms with E-state index in [9.17, 15) is 9.59 Å². The Morgan fingerprint density at radius 2 is 1.76 bits per heavy atom. The molecular formula is C20H27N7O2. The maximum absolute atomic E-state index is 13.3. The number of fused-ring (bicyclic) bond motifs is 1. The van der Waals surface area contributed by atoms with E-state index in [0.717, 1.165) is 6.54 Å². The molecule has 2 saturated heterocycles. The van der Waals surface area contributed by atoms with Crippen molar-refractivity contribution in [2.75, 3.05) is 46.8 Å². The van der Waals surface area contributed by atoms with E-state index in [1.54, 1.807) is 12.4 Å². The average molecular weight is 397 g/mol. The number of carbonyl (C=O) groups excluding carboxylic acids is 2. The number of hydrogen-bond acceptors (Lipinski definition) is 6. The van der Waals surface area contributed by atoms with Gasteiger partial charge in [0, 0.05) is 50.3 Å². The van der Waals surface area contributed by atoms with Crippen LogP contribution in [0.2, 0.25) is 0 Å². The van der Waals surface area contributed by atoms with Gasteiger partial charge in [-0.2, -0.15) is 5.10 Å². The molecule has 2 fully saturated rings. The summed E-state index contributed by atoms with van der Waals surface area (Å²) in [7, 11) is 4.08. The molecule has 2 aromatic heterocycles. The monoisotopic (exact) mass is 397 g/mol. The zero-order chi connectivity index (χ0) is 20.8. The van der Waals surface area contributed by atoms with Crippen molar-refractivity contribution in [1.29, 1.82) is 0 Å². The van der Waals surface area contributed by atoms with Gasteiger partial charge in [0.2, 0.25) is 0 Å². The lowest BCUT2D eigenvalue weighted by atomic mass is 9.80. The highest BCUT2D eigenvalue weighted by Gasteiger charge is 2.54. The molecule has 29 heavy (non-hydrogen) atoms. The molecule has 2 atom stereocenters. The molecule has 4 rings (SSSR count). The molecule has 2 aromatic rings. The van der Waals surface area contributed by atoms with Crippen molar-refractivity contribution in [1.82, 2.24) is 34.9 Å². The number of aromatic amines is 1. The zero-order valence-electron chi connectivity index (χ0n) is 17.3. The third-order valence-corrected chi connectivity index (χ3v) is 6.15. The SMILES string of the molecule is Cc1ncnc(C)c1C(=O)N1CC2CN(C(=O)c3cn[nH]c3)CC2(CN(C)C)C1. The summed E-state index contributed by atoms with van der Waals surface area (Å²) in [4.78, 5) is 40.5. The molecule has 2 amide bonds. The number of rotatable bonds is 4. The Hall–Kier alpha value is -2.81. The number of carbonyl (C=O) groups is 2. The summed E-state index contributed by atoms with van der Waals surface area (Å²) < 4.78 is 0. The molecule has 154 valence electrons. The van der Waals surface area contributed by atoms with Gasteiger partial charge in [-0.1, -0.05) is 0 Å². The number of amides is 2. The predicted octanol–water partition coefficient (Wildman–Crippen LogP) is 0.593. The quantitative estimate of drug-likeness (QED) is 0.811. The van der Waals surface area contributed by atoms with E-state index in [0.29, 0.717) is 48.7 Å². The summed E-state index contributed by atoms with van der Waals surface area (Å²) in [6.07, 6.45) is 4.69. The van der Waals surface area contributed by atoms with Crippen LogP contribution in [0, 0.1) is 25.2 Å². The van der Waals surface area contributed by atoms with E-state index in [1.165, 1.54) is 6.33 Å². The van der Waals surface area contributed by atoms with Crippen molar-refractivity contribution in [3.63, 3.8) is 0 Å². The summed E-state index contributed by atoms with van der Waals surface area (Å²) in [5.74, 6) is 0.211. The van der Waals surface area contributed by atoms with E-state index >= 15 is 0 Å². The number of hydrogen-bond donors (Lipinski definition) is 1. The third-order valence-electron chi connectivity index (χ3n) is 6.15. The summed E-state index contributed by atoms with van der Waals surface area (Å²) in [5.41, 5.74) is 2.44. The molecule has 0 aliphatic carbocycles. The predicted molar refractivity (Wildman–Crippen MR) is 106 cm³/mol. The standard InChI is InChI=1S/C20H27N7O2/c1-13-17(14(2)22-12-21-13)19(29)27-8-16-7-26(18(28)15-5-23-24-6-15)10-20(16,11-27)9-25(3)4/h5-6,12,16H,7-11H2,1-4H3,(H,23,24). The number of aromatic nitrogens is 4. The fourth-order valence-corrected chi connectivity index (χ4v) is 4.95. The van der Waals surface area contributed by atoms with Crippen LogP contribution in [-0.4, -0.2) is 93.5 Å². The van der Waals surface area contributed by atoms with Gasteiger partial charge in [0.25, 0.3) is 11.8 Å². The summed E-state index contributed by atoms with van der Waals surface area (Å²) in [6.45, 7) is 7.05. The Morgan fingerprint density at radius 3 is 2.31 bits per heavy atom. The largest absolute Gasteiger partial charge is 0.337 e. The van der Waals surface area contributed by atoms with E-state index in [4.69, 9.17) is 0 Å². The second-order valence-corrected chi connectivity index (χ2v) is 8.57. The van der Waals surface area contributed by atoms with Gasteiger partial charge in [-0.3, -0.25) is 14.7 Å². The molecule has 0 spiro atoms. The van der Waals surface area contributed by atoms with Gasteiger partial charge in [-0.05, 0) is 27.9 Å². The van der Waals surface area contributed by atoms with Gasteiger partial charge in [0.15, 0.2) is 0 Å². The van der Waals surface area contributed by atoms with Crippen LogP contribution in [0.4, 0.5) is 0 Å². The molecule has 2 aliphatic heterocycles. The molecule has 0 saturated carbocycles. The van der Waals surface area contributed by atoms with Crippen LogP contribution < -0.4 is 0 Å². The Bertz CT molecular complexity index is 907. The van der Waals surface area contributed by atoms with Crippen LogP contribution in [-0.2, 0) is 0 Å². The summed E-state index contributed by atoms with van der Waals surface area (Å²) in [5, 5.41) is 6.60. The molecule has 0 radical (unpaired) electrons. The van der Waals surface area contributed by atoms with Crippen LogP contribution in [0.1, 0.15) is 32.1 Å². The minimum Gasteiger partial charge on any atom is -0.337 e. The smallest absolute Gasteiger partial charge is 0.257 e. The first-order valence-electron chi connectivity index (χ1n) is 9.81. The van der Waals surface area contributed by atoms with Gasteiger partial charge in [-0.25, -0.2) is 9.97 Å². The van der Waals surface area contributed by atoms with Gasteiger partial charge in [0.1, 0.15) is 6.33 Å². The van der Waals surface area contributed by atoms with E-state index in [2.05, 4.69) is 25.1 Å².